The highest BCUT2D eigenvalue weighted by molar-refractivity contribution is 5.80. The SMILES string of the molecule is CCOCC1CCN(C(=NC)NCCc2ccc(C)c(OC)c2)C1. The molecular weight excluding hydrogens is 302 g/mol. The molecule has 5 heteroatoms. The van der Waals surface area contributed by atoms with E-state index in [0.717, 1.165) is 51.0 Å². The average Bonchev–Trinajstić information content (AvgIpc) is 3.07. The molecule has 24 heavy (non-hydrogen) atoms. The molecule has 1 fully saturated rings. The minimum atomic E-state index is 0.616. The summed E-state index contributed by atoms with van der Waals surface area (Å²) >= 11 is 0. The van der Waals surface area contributed by atoms with Crippen LogP contribution in [0, 0.1) is 12.8 Å². The molecule has 0 radical (unpaired) electrons. The van der Waals surface area contributed by atoms with E-state index in [1.807, 2.05) is 14.0 Å². The molecule has 134 valence electrons. The first-order valence-corrected chi connectivity index (χ1v) is 8.84. The Hall–Kier alpha value is -1.75. The number of guanidine groups is 1. The molecule has 1 heterocycles. The molecule has 0 saturated carbocycles. The summed E-state index contributed by atoms with van der Waals surface area (Å²) < 4.78 is 10.9. The van der Waals surface area contributed by atoms with Gasteiger partial charge in [-0.15, -0.1) is 0 Å². The van der Waals surface area contributed by atoms with Crippen LogP contribution in [0.1, 0.15) is 24.5 Å². The van der Waals surface area contributed by atoms with Gasteiger partial charge in [-0.2, -0.15) is 0 Å². The first-order valence-electron chi connectivity index (χ1n) is 8.84. The van der Waals surface area contributed by atoms with Crippen LogP contribution in [0.5, 0.6) is 5.75 Å². The summed E-state index contributed by atoms with van der Waals surface area (Å²) in [5.41, 5.74) is 2.44. The summed E-state index contributed by atoms with van der Waals surface area (Å²) in [6.07, 6.45) is 2.13. The molecule has 5 nitrogen and oxygen atoms in total. The predicted octanol–water partition coefficient (Wildman–Crippen LogP) is 2.48. The smallest absolute Gasteiger partial charge is 0.193 e. The second-order valence-electron chi connectivity index (χ2n) is 6.29. The van der Waals surface area contributed by atoms with E-state index in [4.69, 9.17) is 9.47 Å². The van der Waals surface area contributed by atoms with Crippen molar-refractivity contribution < 1.29 is 9.47 Å². The number of ether oxygens (including phenoxy) is 2. The zero-order chi connectivity index (χ0) is 17.4. The van der Waals surface area contributed by atoms with Gasteiger partial charge in [-0.05, 0) is 43.9 Å². The first-order chi connectivity index (χ1) is 11.7. The molecule has 1 aromatic rings. The number of benzene rings is 1. The Labute approximate surface area is 146 Å². The number of likely N-dealkylation sites (tertiary alicyclic amines) is 1. The Kier molecular flexibility index (Phi) is 7.37. The molecule has 0 amide bonds. The maximum Gasteiger partial charge on any atom is 0.193 e. The third kappa shape index (κ3) is 5.13. The van der Waals surface area contributed by atoms with E-state index < -0.39 is 0 Å². The monoisotopic (exact) mass is 333 g/mol. The van der Waals surface area contributed by atoms with E-state index in [0.29, 0.717) is 5.92 Å². The molecule has 0 bridgehead atoms. The number of rotatable bonds is 7. The zero-order valence-corrected chi connectivity index (χ0v) is 15.5. The molecule has 1 aliphatic rings. The van der Waals surface area contributed by atoms with Gasteiger partial charge in [0.1, 0.15) is 5.75 Å². The van der Waals surface area contributed by atoms with Crippen LogP contribution in [0.3, 0.4) is 0 Å². The van der Waals surface area contributed by atoms with Crippen LogP contribution in [0.2, 0.25) is 0 Å². The van der Waals surface area contributed by atoms with Crippen molar-refractivity contribution in [2.24, 2.45) is 10.9 Å². The van der Waals surface area contributed by atoms with Crippen LogP contribution >= 0.6 is 0 Å². The Morgan fingerprint density at radius 2 is 2.25 bits per heavy atom. The van der Waals surface area contributed by atoms with Crippen molar-refractivity contribution in [2.75, 3.05) is 47.0 Å². The molecule has 0 aliphatic carbocycles. The van der Waals surface area contributed by atoms with Gasteiger partial charge in [-0.3, -0.25) is 4.99 Å². The van der Waals surface area contributed by atoms with Crippen molar-refractivity contribution in [3.63, 3.8) is 0 Å². The van der Waals surface area contributed by atoms with Crippen molar-refractivity contribution in [2.45, 2.75) is 26.7 Å². The van der Waals surface area contributed by atoms with Crippen LogP contribution in [0.4, 0.5) is 0 Å². The summed E-state index contributed by atoms with van der Waals surface area (Å²) in [6.45, 7) is 8.71. The van der Waals surface area contributed by atoms with Gasteiger partial charge in [-0.1, -0.05) is 12.1 Å². The second kappa shape index (κ2) is 9.52. The van der Waals surface area contributed by atoms with Gasteiger partial charge in [0.15, 0.2) is 5.96 Å². The maximum absolute atomic E-state index is 5.55. The molecule has 1 saturated heterocycles. The Balaban J connectivity index is 1.80. The summed E-state index contributed by atoms with van der Waals surface area (Å²) in [6, 6.07) is 6.39. The fourth-order valence-electron chi connectivity index (χ4n) is 3.12. The molecule has 1 aliphatic heterocycles. The number of hydrogen-bond acceptors (Lipinski definition) is 3. The van der Waals surface area contributed by atoms with Crippen LogP contribution in [-0.4, -0.2) is 57.9 Å². The van der Waals surface area contributed by atoms with Crippen molar-refractivity contribution in [3.05, 3.63) is 29.3 Å². The lowest BCUT2D eigenvalue weighted by molar-refractivity contribution is 0.114. The fourth-order valence-corrected chi connectivity index (χ4v) is 3.12. The van der Waals surface area contributed by atoms with Gasteiger partial charge >= 0.3 is 0 Å². The molecule has 1 aromatic carbocycles. The van der Waals surface area contributed by atoms with Crippen LogP contribution in [0.25, 0.3) is 0 Å². The van der Waals surface area contributed by atoms with Gasteiger partial charge < -0.3 is 19.7 Å². The van der Waals surface area contributed by atoms with E-state index in [1.54, 1.807) is 7.11 Å². The van der Waals surface area contributed by atoms with E-state index in [2.05, 4.69) is 40.3 Å². The lowest BCUT2D eigenvalue weighted by atomic mass is 10.1. The van der Waals surface area contributed by atoms with Gasteiger partial charge in [0.2, 0.25) is 0 Å². The van der Waals surface area contributed by atoms with Crippen molar-refractivity contribution in [1.29, 1.82) is 0 Å². The minimum Gasteiger partial charge on any atom is -0.496 e. The predicted molar refractivity (Wildman–Crippen MR) is 99.0 cm³/mol. The zero-order valence-electron chi connectivity index (χ0n) is 15.5. The van der Waals surface area contributed by atoms with Gasteiger partial charge in [0, 0.05) is 39.2 Å². The van der Waals surface area contributed by atoms with E-state index in [9.17, 15) is 0 Å². The largest absolute Gasteiger partial charge is 0.496 e. The molecular formula is C19H31N3O2. The topological polar surface area (TPSA) is 46.1 Å². The number of methoxy groups -OCH3 is 1. The highest BCUT2D eigenvalue weighted by atomic mass is 16.5. The average molecular weight is 333 g/mol. The summed E-state index contributed by atoms with van der Waals surface area (Å²) in [7, 11) is 3.57. The summed E-state index contributed by atoms with van der Waals surface area (Å²) in [5, 5.41) is 3.48. The highest BCUT2D eigenvalue weighted by Gasteiger charge is 2.24. The van der Waals surface area contributed by atoms with Crippen LogP contribution in [0.15, 0.2) is 23.2 Å². The highest BCUT2D eigenvalue weighted by Crippen LogP contribution is 2.19. The summed E-state index contributed by atoms with van der Waals surface area (Å²) in [4.78, 5) is 6.76. The van der Waals surface area contributed by atoms with Crippen molar-refractivity contribution in [3.8, 4) is 5.75 Å². The van der Waals surface area contributed by atoms with Gasteiger partial charge in [0.05, 0.1) is 13.7 Å². The normalized spacial score (nSPS) is 18.1. The lowest BCUT2D eigenvalue weighted by Gasteiger charge is -2.21. The maximum atomic E-state index is 5.55. The first kappa shape index (κ1) is 18.6. The number of nitrogens with one attached hydrogen (secondary N) is 1. The quantitative estimate of drug-likeness (QED) is 0.615. The molecule has 2 rings (SSSR count). The third-order valence-corrected chi connectivity index (χ3v) is 4.52. The van der Waals surface area contributed by atoms with Crippen LogP contribution in [-0.2, 0) is 11.2 Å². The third-order valence-electron chi connectivity index (χ3n) is 4.52. The van der Waals surface area contributed by atoms with Gasteiger partial charge in [-0.25, -0.2) is 0 Å². The number of aryl methyl sites for hydroxylation is 1. The molecule has 0 aromatic heterocycles. The molecule has 1 N–H and O–H groups in total. The molecule has 1 unspecified atom stereocenters. The summed E-state index contributed by atoms with van der Waals surface area (Å²) in [5.74, 6) is 2.56. The minimum absolute atomic E-state index is 0.616. The van der Waals surface area contributed by atoms with E-state index in [1.165, 1.54) is 17.5 Å². The molecule has 1 atom stereocenters. The van der Waals surface area contributed by atoms with E-state index in [-0.39, 0.29) is 0 Å². The standard InChI is InChI=1S/C19H31N3O2/c1-5-24-14-17-9-11-22(13-17)19(20-3)21-10-8-16-7-6-15(2)18(12-16)23-4/h6-7,12,17H,5,8-11,13-14H2,1-4H3,(H,20,21). The number of hydrogen-bond donors (Lipinski definition) is 1. The number of nitrogens with zero attached hydrogens (tertiary/aromatic N) is 2. The Morgan fingerprint density at radius 3 is 2.96 bits per heavy atom. The fraction of sp³-hybridized carbons (Fsp3) is 0.632. The van der Waals surface area contributed by atoms with E-state index >= 15 is 0 Å². The Bertz CT molecular complexity index is 545. The van der Waals surface area contributed by atoms with Crippen molar-refractivity contribution in [1.82, 2.24) is 10.2 Å². The lowest BCUT2D eigenvalue weighted by Crippen LogP contribution is -2.41. The molecule has 0 spiro atoms. The number of aliphatic imine (C=N–C) groups is 1. The Morgan fingerprint density at radius 1 is 1.42 bits per heavy atom. The van der Waals surface area contributed by atoms with Crippen LogP contribution < -0.4 is 10.1 Å². The second-order valence-corrected chi connectivity index (χ2v) is 6.29. The van der Waals surface area contributed by atoms with Gasteiger partial charge in [0.25, 0.3) is 0 Å². The van der Waals surface area contributed by atoms with Crippen molar-refractivity contribution >= 4 is 5.96 Å².